The van der Waals surface area contributed by atoms with E-state index in [2.05, 4.69) is 64.8 Å². The molecule has 4 rings (SSSR count). The Balaban J connectivity index is 1.67. The number of rotatable bonds is 2. The molecule has 0 bridgehead atoms. The van der Waals surface area contributed by atoms with Gasteiger partial charge in [-0.15, -0.1) is 0 Å². The molecule has 0 saturated carbocycles. The highest BCUT2D eigenvalue weighted by Crippen LogP contribution is 2.37. The van der Waals surface area contributed by atoms with E-state index in [1.807, 2.05) is 6.20 Å². The number of aromatic nitrogens is 4. The van der Waals surface area contributed by atoms with E-state index in [-0.39, 0.29) is 11.1 Å². The molecular formula is C19H30N6. The van der Waals surface area contributed by atoms with Gasteiger partial charge >= 0.3 is 0 Å². The third kappa shape index (κ3) is 3.37. The molecule has 0 radical (unpaired) electrons. The van der Waals surface area contributed by atoms with Crippen LogP contribution < -0.4 is 10.6 Å². The van der Waals surface area contributed by atoms with Gasteiger partial charge in [0.15, 0.2) is 5.82 Å². The van der Waals surface area contributed by atoms with Crippen molar-refractivity contribution in [2.75, 3.05) is 6.54 Å². The maximum absolute atomic E-state index is 4.86. The molecule has 2 aliphatic rings. The minimum absolute atomic E-state index is 0.114. The first kappa shape index (κ1) is 16.8. The molecule has 6 nitrogen and oxygen atoms in total. The predicted octanol–water partition coefficient (Wildman–Crippen LogP) is 2.72. The second-order valence-corrected chi connectivity index (χ2v) is 8.89. The molecule has 2 aliphatic heterocycles. The van der Waals surface area contributed by atoms with Gasteiger partial charge in [-0.1, -0.05) is 0 Å². The van der Waals surface area contributed by atoms with E-state index in [1.54, 1.807) is 0 Å². The number of fused-ring (bicyclic) bond motifs is 1. The van der Waals surface area contributed by atoms with Gasteiger partial charge in [0, 0.05) is 42.6 Å². The third-order valence-corrected chi connectivity index (χ3v) is 5.35. The lowest BCUT2D eigenvalue weighted by atomic mass is 9.79. The van der Waals surface area contributed by atoms with Crippen molar-refractivity contribution in [1.29, 1.82) is 0 Å². The molecule has 136 valence electrons. The van der Waals surface area contributed by atoms with Crippen LogP contribution in [0.5, 0.6) is 0 Å². The summed E-state index contributed by atoms with van der Waals surface area (Å²) in [4.78, 5) is 4.67. The number of piperidine rings is 1. The van der Waals surface area contributed by atoms with Crippen LogP contribution >= 0.6 is 0 Å². The molecule has 2 aromatic rings. The molecule has 0 amide bonds. The molecule has 0 spiro atoms. The lowest BCUT2D eigenvalue weighted by Crippen LogP contribution is -2.57. The minimum atomic E-state index is 0.114. The Hall–Kier alpha value is -1.66. The topological polar surface area (TPSA) is 59.7 Å². The zero-order chi connectivity index (χ0) is 17.7. The van der Waals surface area contributed by atoms with Crippen LogP contribution in [0.1, 0.15) is 58.7 Å². The van der Waals surface area contributed by atoms with Crippen molar-refractivity contribution in [3.63, 3.8) is 0 Å². The Morgan fingerprint density at radius 1 is 1.16 bits per heavy atom. The summed E-state index contributed by atoms with van der Waals surface area (Å²) < 4.78 is 4.49. The minimum Gasteiger partial charge on any atom is -0.326 e. The van der Waals surface area contributed by atoms with E-state index >= 15 is 0 Å². The first-order valence-corrected chi connectivity index (χ1v) is 9.43. The van der Waals surface area contributed by atoms with Crippen LogP contribution in [0.4, 0.5) is 0 Å². The van der Waals surface area contributed by atoms with Crippen LogP contribution in [0.3, 0.4) is 0 Å². The Kier molecular flexibility index (Phi) is 4.00. The van der Waals surface area contributed by atoms with E-state index in [0.717, 1.165) is 50.4 Å². The normalized spacial score (nSPS) is 23.2. The first-order chi connectivity index (χ1) is 11.8. The average molecular weight is 342 g/mol. The van der Waals surface area contributed by atoms with Gasteiger partial charge in [-0.25, -0.2) is 4.98 Å². The van der Waals surface area contributed by atoms with Crippen molar-refractivity contribution < 1.29 is 0 Å². The van der Waals surface area contributed by atoms with Crippen LogP contribution in [0.2, 0.25) is 0 Å². The molecule has 2 aromatic heterocycles. The van der Waals surface area contributed by atoms with Gasteiger partial charge in [-0.2, -0.15) is 5.10 Å². The quantitative estimate of drug-likeness (QED) is 0.881. The summed E-state index contributed by atoms with van der Waals surface area (Å²) in [6.45, 7) is 12.1. The Labute approximate surface area is 150 Å². The van der Waals surface area contributed by atoms with Gasteiger partial charge in [0.25, 0.3) is 0 Å². The van der Waals surface area contributed by atoms with Crippen molar-refractivity contribution >= 4 is 0 Å². The number of hydrogen-bond donors (Lipinski definition) is 2. The maximum atomic E-state index is 4.86. The van der Waals surface area contributed by atoms with Crippen LogP contribution in [-0.2, 0) is 13.1 Å². The van der Waals surface area contributed by atoms with Crippen molar-refractivity contribution in [2.45, 2.75) is 77.2 Å². The van der Waals surface area contributed by atoms with Crippen LogP contribution in [0.15, 0.2) is 18.5 Å². The molecule has 6 heteroatoms. The van der Waals surface area contributed by atoms with Crippen LogP contribution in [0.25, 0.3) is 11.5 Å². The molecule has 25 heavy (non-hydrogen) atoms. The zero-order valence-corrected chi connectivity index (χ0v) is 15.8. The molecule has 2 N–H and O–H groups in total. The van der Waals surface area contributed by atoms with Crippen LogP contribution in [0, 0.1) is 0 Å². The second kappa shape index (κ2) is 5.95. The highest BCUT2D eigenvalue weighted by Gasteiger charge is 2.39. The summed E-state index contributed by atoms with van der Waals surface area (Å²) in [6.07, 6.45) is 7.35. The van der Waals surface area contributed by atoms with Crippen molar-refractivity contribution in [1.82, 2.24) is 30.0 Å². The fraction of sp³-hybridized carbons (Fsp3) is 0.684. The summed E-state index contributed by atoms with van der Waals surface area (Å²) >= 11 is 0. The highest BCUT2D eigenvalue weighted by molar-refractivity contribution is 5.51. The number of nitrogens with one attached hydrogen (secondary N) is 2. The average Bonchev–Trinajstić information content (AvgIpc) is 3.06. The molecular weight excluding hydrogens is 312 g/mol. The summed E-state index contributed by atoms with van der Waals surface area (Å²) in [5.74, 6) is 0.999. The van der Waals surface area contributed by atoms with Crippen molar-refractivity contribution in [3.8, 4) is 11.5 Å². The molecule has 4 heterocycles. The summed E-state index contributed by atoms with van der Waals surface area (Å²) in [6, 6.07) is 2.64. The van der Waals surface area contributed by atoms with Gasteiger partial charge in [0.2, 0.25) is 0 Å². The van der Waals surface area contributed by atoms with Gasteiger partial charge < -0.3 is 15.2 Å². The van der Waals surface area contributed by atoms with E-state index < -0.39 is 0 Å². The third-order valence-electron chi connectivity index (χ3n) is 5.35. The predicted molar refractivity (Wildman–Crippen MR) is 99.3 cm³/mol. The van der Waals surface area contributed by atoms with Gasteiger partial charge in [0.1, 0.15) is 5.69 Å². The standard InChI is InChI=1S/C19H30N6/c1-18(2)11-15(12-19(3,4)23-18)24-9-7-21-17(24)16-10-14-13-20-6-5-8-25(14)22-16/h7,9-10,15,20,23H,5-6,8,11-13H2,1-4H3. The fourth-order valence-corrected chi connectivity index (χ4v) is 4.74. The molecule has 0 unspecified atom stereocenters. The number of nitrogens with zero attached hydrogens (tertiary/aromatic N) is 4. The van der Waals surface area contributed by atoms with E-state index in [1.165, 1.54) is 5.69 Å². The number of hydrogen-bond acceptors (Lipinski definition) is 4. The zero-order valence-electron chi connectivity index (χ0n) is 15.8. The van der Waals surface area contributed by atoms with Gasteiger partial charge in [-0.05, 0) is 59.6 Å². The number of imidazole rings is 1. The molecule has 1 fully saturated rings. The Morgan fingerprint density at radius 3 is 2.68 bits per heavy atom. The van der Waals surface area contributed by atoms with Crippen molar-refractivity contribution in [3.05, 3.63) is 24.2 Å². The lowest BCUT2D eigenvalue weighted by Gasteiger charge is -2.47. The SMILES string of the molecule is CC1(C)CC(n2ccnc2-c2cc3n(n2)CCCNC3)CC(C)(C)N1. The van der Waals surface area contributed by atoms with E-state index in [4.69, 9.17) is 5.10 Å². The first-order valence-electron chi connectivity index (χ1n) is 9.43. The summed E-state index contributed by atoms with van der Waals surface area (Å²) in [7, 11) is 0. The van der Waals surface area contributed by atoms with Gasteiger partial charge in [-0.3, -0.25) is 4.68 Å². The lowest BCUT2D eigenvalue weighted by molar-refractivity contribution is 0.133. The summed E-state index contributed by atoms with van der Waals surface area (Å²) in [5, 5.41) is 12.1. The van der Waals surface area contributed by atoms with Crippen LogP contribution in [-0.4, -0.2) is 37.0 Å². The highest BCUT2D eigenvalue weighted by atomic mass is 15.3. The van der Waals surface area contributed by atoms with Gasteiger partial charge in [0.05, 0.1) is 5.69 Å². The smallest absolute Gasteiger partial charge is 0.160 e. The maximum Gasteiger partial charge on any atom is 0.160 e. The van der Waals surface area contributed by atoms with Crippen molar-refractivity contribution in [2.24, 2.45) is 0 Å². The van der Waals surface area contributed by atoms with E-state index in [0.29, 0.717) is 6.04 Å². The Morgan fingerprint density at radius 2 is 1.92 bits per heavy atom. The monoisotopic (exact) mass is 342 g/mol. The largest absolute Gasteiger partial charge is 0.326 e. The van der Waals surface area contributed by atoms with E-state index in [9.17, 15) is 0 Å². The molecule has 0 aromatic carbocycles. The Bertz CT molecular complexity index is 714. The fourth-order valence-electron chi connectivity index (χ4n) is 4.74. The molecule has 0 aliphatic carbocycles. The second-order valence-electron chi connectivity index (χ2n) is 8.89. The summed E-state index contributed by atoms with van der Waals surface area (Å²) in [5.41, 5.74) is 2.48. The molecule has 0 atom stereocenters. The molecule has 1 saturated heterocycles. The number of aryl methyl sites for hydroxylation is 1.